The molecule has 0 amide bonds. The highest BCUT2D eigenvalue weighted by molar-refractivity contribution is 5.66. The van der Waals surface area contributed by atoms with E-state index in [0.717, 1.165) is 42.7 Å². The average Bonchev–Trinajstić information content (AvgIpc) is 3.30. The van der Waals surface area contributed by atoms with Crippen molar-refractivity contribution in [3.63, 3.8) is 0 Å². The second kappa shape index (κ2) is 8.63. The number of aromatic nitrogens is 2. The van der Waals surface area contributed by atoms with E-state index in [4.69, 9.17) is 9.51 Å². The Labute approximate surface area is 183 Å². The predicted octanol–water partition coefficient (Wildman–Crippen LogP) is 4.63. The first kappa shape index (κ1) is 19.9. The molecule has 2 aliphatic rings. The minimum atomic E-state index is 0.536. The molecule has 1 aromatic heterocycles. The number of nitrogens with zero attached hydrogens (tertiary/aromatic N) is 4. The van der Waals surface area contributed by atoms with Crippen LogP contribution in [0.4, 0.5) is 5.69 Å². The lowest BCUT2D eigenvalue weighted by molar-refractivity contribution is 0.432. The third-order valence-electron chi connectivity index (χ3n) is 6.50. The fourth-order valence-electron chi connectivity index (χ4n) is 4.78. The van der Waals surface area contributed by atoms with E-state index in [-0.39, 0.29) is 0 Å². The van der Waals surface area contributed by atoms with Crippen LogP contribution in [0.15, 0.2) is 45.9 Å². The number of piperidine rings is 1. The van der Waals surface area contributed by atoms with Crippen LogP contribution in [-0.2, 0) is 19.5 Å². The van der Waals surface area contributed by atoms with Crippen molar-refractivity contribution in [2.75, 3.05) is 18.0 Å². The molecule has 1 N–H and O–H groups in total. The number of fused-ring (bicyclic) bond motifs is 1. The second-order valence-corrected chi connectivity index (χ2v) is 8.60. The molecule has 0 aliphatic carbocycles. The van der Waals surface area contributed by atoms with E-state index in [2.05, 4.69) is 70.4 Å². The normalized spacial score (nSPS) is 18.6. The van der Waals surface area contributed by atoms with Gasteiger partial charge in [0.1, 0.15) is 0 Å². The highest BCUT2D eigenvalue weighted by Gasteiger charge is 2.22. The number of nitrogens with one attached hydrogen (secondary N) is 1. The van der Waals surface area contributed by atoms with E-state index in [1.54, 1.807) is 0 Å². The summed E-state index contributed by atoms with van der Waals surface area (Å²) in [5.74, 6) is 1.16. The summed E-state index contributed by atoms with van der Waals surface area (Å²) in [5, 5.41) is 7.68. The van der Waals surface area contributed by atoms with E-state index in [1.807, 2.05) is 0 Å². The van der Waals surface area contributed by atoms with Crippen LogP contribution >= 0.6 is 0 Å². The zero-order valence-corrected chi connectivity index (χ0v) is 18.1. The van der Waals surface area contributed by atoms with Crippen molar-refractivity contribution in [3.05, 3.63) is 53.1 Å². The summed E-state index contributed by atoms with van der Waals surface area (Å²) in [7, 11) is 0. The van der Waals surface area contributed by atoms with Gasteiger partial charge in [0.2, 0.25) is 5.82 Å². The van der Waals surface area contributed by atoms with Gasteiger partial charge in [0.05, 0.1) is 6.54 Å². The Morgan fingerprint density at radius 1 is 1.16 bits per heavy atom. The largest absolute Gasteiger partial charge is 0.369 e. The highest BCUT2D eigenvalue weighted by Crippen LogP contribution is 2.32. The van der Waals surface area contributed by atoms with E-state index in [9.17, 15) is 0 Å². The zero-order valence-electron chi connectivity index (χ0n) is 18.1. The fourth-order valence-corrected chi connectivity index (χ4v) is 4.78. The Balaban J connectivity index is 1.45. The van der Waals surface area contributed by atoms with Crippen molar-refractivity contribution < 1.29 is 4.52 Å². The first-order valence-electron chi connectivity index (χ1n) is 11.2. The number of anilines is 1. The van der Waals surface area contributed by atoms with Crippen molar-refractivity contribution in [3.8, 4) is 22.8 Å². The van der Waals surface area contributed by atoms with Gasteiger partial charge < -0.3 is 14.7 Å². The summed E-state index contributed by atoms with van der Waals surface area (Å²) in [6, 6.07) is 13.4. The zero-order chi connectivity index (χ0) is 21.2. The molecule has 160 valence electrons. The average molecular weight is 416 g/mol. The molecule has 1 saturated heterocycles. The molecular weight excluding hydrogens is 386 g/mol. The number of rotatable bonds is 5. The Morgan fingerprint density at radius 3 is 2.94 bits per heavy atom. The first-order valence-corrected chi connectivity index (χ1v) is 11.2. The maximum absolute atomic E-state index is 5.65. The summed E-state index contributed by atoms with van der Waals surface area (Å²) in [6.45, 7) is 9.61. The van der Waals surface area contributed by atoms with Gasteiger partial charge in [-0.25, -0.2) is 0 Å². The minimum absolute atomic E-state index is 0.536. The van der Waals surface area contributed by atoms with E-state index in [0.29, 0.717) is 24.3 Å². The molecule has 6 heteroatoms. The third kappa shape index (κ3) is 4.00. The molecule has 0 saturated carbocycles. The summed E-state index contributed by atoms with van der Waals surface area (Å²) in [4.78, 5) is 11.4. The molecule has 1 unspecified atom stereocenters. The van der Waals surface area contributed by atoms with Crippen LogP contribution in [0.5, 0.6) is 0 Å². The van der Waals surface area contributed by atoms with Gasteiger partial charge in [-0.3, -0.25) is 4.99 Å². The Bertz CT molecular complexity index is 1090. The van der Waals surface area contributed by atoms with E-state index in [1.165, 1.54) is 36.1 Å². The van der Waals surface area contributed by atoms with Crippen molar-refractivity contribution in [1.82, 2.24) is 15.5 Å². The number of hydrogen-bond donors (Lipinski definition) is 1. The van der Waals surface area contributed by atoms with E-state index >= 15 is 0 Å². The molecule has 3 aromatic rings. The molecule has 31 heavy (non-hydrogen) atoms. The second-order valence-electron chi connectivity index (χ2n) is 8.60. The fraction of sp³-hybridized carbons (Fsp3) is 0.400. The monoisotopic (exact) mass is 415 g/mol. The number of benzene rings is 2. The smallest absolute Gasteiger partial charge is 0.258 e. The van der Waals surface area contributed by atoms with E-state index < -0.39 is 0 Å². The SMILES string of the molecule is C=NCc1cc(-c2nc(-c3ccc4c(c3)CNCC4)no2)ccc1N1CCCCC1C. The molecular formula is C25H29N5O. The first-order chi connectivity index (χ1) is 15.2. The summed E-state index contributed by atoms with van der Waals surface area (Å²) < 4.78 is 5.65. The lowest BCUT2D eigenvalue weighted by atomic mass is 9.98. The lowest BCUT2D eigenvalue weighted by Crippen LogP contribution is -2.38. The van der Waals surface area contributed by atoms with Gasteiger partial charge in [0, 0.05) is 35.9 Å². The lowest BCUT2D eigenvalue weighted by Gasteiger charge is -2.36. The van der Waals surface area contributed by atoms with Gasteiger partial charge in [-0.05, 0) is 86.8 Å². The standard InChI is InChI=1S/C25H29N5O/c1-17-5-3-4-12-30(17)23-9-8-20(14-22(23)15-26-2)25-28-24(29-31-25)19-7-6-18-10-11-27-16-21(18)13-19/h6-9,13-14,17,27H,2-5,10-12,15-16H2,1H3. The maximum atomic E-state index is 5.65. The molecule has 0 bridgehead atoms. The highest BCUT2D eigenvalue weighted by atomic mass is 16.5. The van der Waals surface area contributed by atoms with Crippen molar-refractivity contribution in [1.29, 1.82) is 0 Å². The van der Waals surface area contributed by atoms with Crippen molar-refractivity contribution in [2.24, 2.45) is 4.99 Å². The Morgan fingerprint density at radius 2 is 2.06 bits per heavy atom. The summed E-state index contributed by atoms with van der Waals surface area (Å²) >= 11 is 0. The van der Waals surface area contributed by atoms with Gasteiger partial charge in [0.15, 0.2) is 0 Å². The molecule has 6 nitrogen and oxygen atoms in total. The summed E-state index contributed by atoms with van der Waals surface area (Å²) in [5.41, 5.74) is 7.02. The maximum Gasteiger partial charge on any atom is 0.258 e. The molecule has 0 radical (unpaired) electrons. The van der Waals surface area contributed by atoms with Gasteiger partial charge in [-0.15, -0.1) is 0 Å². The van der Waals surface area contributed by atoms with Crippen LogP contribution in [0.25, 0.3) is 22.8 Å². The quantitative estimate of drug-likeness (QED) is 0.616. The molecule has 3 heterocycles. The van der Waals surface area contributed by atoms with Gasteiger partial charge in [0.25, 0.3) is 5.89 Å². The molecule has 0 spiro atoms. The minimum Gasteiger partial charge on any atom is -0.369 e. The molecule has 2 aliphatic heterocycles. The Kier molecular flexibility index (Phi) is 5.55. The van der Waals surface area contributed by atoms with Crippen molar-refractivity contribution >= 4 is 12.4 Å². The van der Waals surface area contributed by atoms with Gasteiger partial charge in [-0.2, -0.15) is 4.98 Å². The van der Waals surface area contributed by atoms with Crippen LogP contribution in [0.3, 0.4) is 0 Å². The van der Waals surface area contributed by atoms with Crippen molar-refractivity contribution in [2.45, 2.75) is 51.7 Å². The van der Waals surface area contributed by atoms with Crippen LogP contribution < -0.4 is 10.2 Å². The number of hydrogen-bond acceptors (Lipinski definition) is 6. The predicted molar refractivity (Wildman–Crippen MR) is 124 cm³/mol. The number of aliphatic imine (C=N–C) groups is 1. The Hall–Kier alpha value is -2.99. The molecule has 1 atom stereocenters. The van der Waals surface area contributed by atoms with Crippen LogP contribution in [0, 0.1) is 0 Å². The van der Waals surface area contributed by atoms with Gasteiger partial charge >= 0.3 is 0 Å². The molecule has 5 rings (SSSR count). The molecule has 1 fully saturated rings. The van der Waals surface area contributed by atoms with Gasteiger partial charge in [-0.1, -0.05) is 17.3 Å². The third-order valence-corrected chi connectivity index (χ3v) is 6.50. The van der Waals surface area contributed by atoms with Crippen LogP contribution in [-0.4, -0.2) is 36.0 Å². The topological polar surface area (TPSA) is 66.5 Å². The van der Waals surface area contributed by atoms with Crippen LogP contribution in [0.2, 0.25) is 0 Å². The summed E-state index contributed by atoms with van der Waals surface area (Å²) in [6.07, 6.45) is 4.83. The molecule has 2 aromatic carbocycles. The van der Waals surface area contributed by atoms with Crippen LogP contribution in [0.1, 0.15) is 42.9 Å².